The highest BCUT2D eigenvalue weighted by molar-refractivity contribution is 6.31. The third-order valence-corrected chi connectivity index (χ3v) is 4.27. The first-order valence-electron chi connectivity index (χ1n) is 8.14. The minimum absolute atomic E-state index is 0.0685. The number of amides is 1. The van der Waals surface area contributed by atoms with Crippen LogP contribution in [0.25, 0.3) is 17.0 Å². The fourth-order valence-electron chi connectivity index (χ4n) is 2.55. The summed E-state index contributed by atoms with van der Waals surface area (Å²) in [4.78, 5) is 16.8. The van der Waals surface area contributed by atoms with Gasteiger partial charge in [0, 0.05) is 16.6 Å². The number of nitrogens with one attached hydrogen (secondary N) is 1. The summed E-state index contributed by atoms with van der Waals surface area (Å²) in [5.74, 6) is 0.149. The number of carbonyl (C=O) groups is 1. The van der Waals surface area contributed by atoms with E-state index in [9.17, 15) is 10.1 Å². The number of pyridine rings is 1. The number of halogens is 1. The van der Waals surface area contributed by atoms with Crippen LogP contribution in [0.5, 0.6) is 5.75 Å². The van der Waals surface area contributed by atoms with E-state index in [-0.39, 0.29) is 10.7 Å². The fraction of sp³-hybridized carbons (Fsp3) is 0.0952. The Morgan fingerprint density at radius 2 is 1.96 bits per heavy atom. The van der Waals surface area contributed by atoms with Crippen LogP contribution in [0.1, 0.15) is 11.1 Å². The Morgan fingerprint density at radius 1 is 1.22 bits per heavy atom. The SMILES string of the molecule is COc1ccc(NC(=O)/C(C#N)=C/c2cc3ccc(C)cc3nc2Cl)cc1. The molecule has 5 nitrogen and oxygen atoms in total. The lowest BCUT2D eigenvalue weighted by molar-refractivity contribution is -0.112. The highest BCUT2D eigenvalue weighted by Gasteiger charge is 2.12. The first kappa shape index (κ1) is 18.4. The van der Waals surface area contributed by atoms with Crippen molar-refractivity contribution < 1.29 is 9.53 Å². The average molecular weight is 378 g/mol. The van der Waals surface area contributed by atoms with Crippen LogP contribution in [-0.2, 0) is 4.79 Å². The predicted molar refractivity (Wildman–Crippen MR) is 107 cm³/mol. The minimum Gasteiger partial charge on any atom is -0.497 e. The van der Waals surface area contributed by atoms with Crippen LogP contribution in [0.15, 0.2) is 54.1 Å². The van der Waals surface area contributed by atoms with E-state index < -0.39 is 5.91 Å². The van der Waals surface area contributed by atoms with Crippen molar-refractivity contribution in [2.24, 2.45) is 0 Å². The Balaban J connectivity index is 1.89. The molecule has 27 heavy (non-hydrogen) atoms. The van der Waals surface area contributed by atoms with Crippen molar-refractivity contribution >= 4 is 40.2 Å². The standard InChI is InChI=1S/C21H16ClN3O2/c1-13-3-4-14-10-15(20(22)25-19(14)9-13)11-16(12-23)21(26)24-17-5-7-18(27-2)8-6-17/h3-11H,1-2H3,(H,24,26)/b16-11+. The number of fused-ring (bicyclic) bond motifs is 1. The second-order valence-electron chi connectivity index (χ2n) is 5.92. The molecule has 0 fully saturated rings. The molecule has 2 aromatic carbocycles. The van der Waals surface area contributed by atoms with Crippen LogP contribution >= 0.6 is 11.6 Å². The number of nitrogens with zero attached hydrogens (tertiary/aromatic N) is 2. The van der Waals surface area contributed by atoms with E-state index in [2.05, 4.69) is 10.3 Å². The maximum atomic E-state index is 12.4. The van der Waals surface area contributed by atoms with Gasteiger partial charge >= 0.3 is 0 Å². The molecule has 0 unspecified atom stereocenters. The number of hydrogen-bond acceptors (Lipinski definition) is 4. The van der Waals surface area contributed by atoms with Gasteiger partial charge < -0.3 is 10.1 Å². The van der Waals surface area contributed by atoms with Gasteiger partial charge in [-0.3, -0.25) is 4.79 Å². The van der Waals surface area contributed by atoms with Gasteiger partial charge in [-0.2, -0.15) is 5.26 Å². The maximum Gasteiger partial charge on any atom is 0.266 e. The normalized spacial score (nSPS) is 11.1. The van der Waals surface area contributed by atoms with E-state index in [1.165, 1.54) is 6.08 Å². The Labute approximate surface area is 161 Å². The topological polar surface area (TPSA) is 75.0 Å². The summed E-state index contributed by atoms with van der Waals surface area (Å²) in [6.07, 6.45) is 1.44. The smallest absolute Gasteiger partial charge is 0.266 e. The van der Waals surface area contributed by atoms with Gasteiger partial charge in [0.25, 0.3) is 5.91 Å². The summed E-state index contributed by atoms with van der Waals surface area (Å²) in [6, 6.07) is 16.4. The average Bonchev–Trinajstić information content (AvgIpc) is 2.66. The van der Waals surface area contributed by atoms with Crippen LogP contribution in [0.4, 0.5) is 5.69 Å². The fourth-order valence-corrected chi connectivity index (χ4v) is 2.75. The molecule has 0 radical (unpaired) electrons. The molecule has 0 aliphatic carbocycles. The zero-order valence-electron chi connectivity index (χ0n) is 14.8. The number of aryl methyl sites for hydroxylation is 1. The van der Waals surface area contributed by atoms with Crippen molar-refractivity contribution in [2.75, 3.05) is 12.4 Å². The maximum absolute atomic E-state index is 12.4. The van der Waals surface area contributed by atoms with Gasteiger partial charge in [-0.15, -0.1) is 0 Å². The summed E-state index contributed by atoms with van der Waals surface area (Å²) in [5, 5.41) is 13.2. The molecule has 0 aliphatic heterocycles. The molecule has 0 bridgehead atoms. The van der Waals surface area contributed by atoms with Crippen LogP contribution in [0.2, 0.25) is 5.15 Å². The van der Waals surface area contributed by atoms with Crippen molar-refractivity contribution in [3.05, 3.63) is 70.4 Å². The molecule has 3 rings (SSSR count). The molecule has 0 saturated carbocycles. The molecule has 1 amide bonds. The number of anilines is 1. The van der Waals surface area contributed by atoms with Crippen molar-refractivity contribution in [2.45, 2.75) is 6.92 Å². The number of carbonyl (C=O) groups excluding carboxylic acids is 1. The largest absolute Gasteiger partial charge is 0.497 e. The summed E-state index contributed by atoms with van der Waals surface area (Å²) in [6.45, 7) is 1.97. The molecule has 1 N–H and O–H groups in total. The third-order valence-electron chi connectivity index (χ3n) is 3.97. The molecule has 0 spiro atoms. The lowest BCUT2D eigenvalue weighted by Crippen LogP contribution is -2.13. The highest BCUT2D eigenvalue weighted by atomic mass is 35.5. The number of rotatable bonds is 4. The van der Waals surface area contributed by atoms with Crippen LogP contribution in [0.3, 0.4) is 0 Å². The molecule has 6 heteroatoms. The molecule has 1 heterocycles. The van der Waals surface area contributed by atoms with Crippen LogP contribution < -0.4 is 10.1 Å². The molecule has 3 aromatic rings. The quantitative estimate of drug-likeness (QED) is 0.404. The van der Waals surface area contributed by atoms with Gasteiger partial charge in [0.15, 0.2) is 0 Å². The summed E-state index contributed by atoms with van der Waals surface area (Å²) in [7, 11) is 1.56. The van der Waals surface area contributed by atoms with E-state index in [0.717, 1.165) is 16.5 Å². The van der Waals surface area contributed by atoms with E-state index in [1.54, 1.807) is 31.4 Å². The third kappa shape index (κ3) is 4.25. The minimum atomic E-state index is -0.525. The number of aromatic nitrogens is 1. The summed E-state index contributed by atoms with van der Waals surface area (Å²) < 4.78 is 5.08. The Bertz CT molecular complexity index is 1080. The molecule has 1 aromatic heterocycles. The van der Waals surface area contributed by atoms with Crippen molar-refractivity contribution in [3.63, 3.8) is 0 Å². The summed E-state index contributed by atoms with van der Waals surface area (Å²) >= 11 is 6.24. The second-order valence-corrected chi connectivity index (χ2v) is 6.28. The number of methoxy groups -OCH3 is 1. The highest BCUT2D eigenvalue weighted by Crippen LogP contribution is 2.24. The van der Waals surface area contributed by atoms with Gasteiger partial charge in [0.2, 0.25) is 0 Å². The Hall–Kier alpha value is -3.36. The monoisotopic (exact) mass is 377 g/mol. The summed E-state index contributed by atoms with van der Waals surface area (Å²) in [5.41, 5.74) is 2.83. The molecule has 0 saturated heterocycles. The number of nitriles is 1. The van der Waals surface area contributed by atoms with Gasteiger partial charge in [-0.1, -0.05) is 23.7 Å². The molecule has 134 valence electrons. The Morgan fingerprint density at radius 3 is 2.63 bits per heavy atom. The van der Waals surface area contributed by atoms with Crippen molar-refractivity contribution in [1.82, 2.24) is 4.98 Å². The van der Waals surface area contributed by atoms with Gasteiger partial charge in [0.1, 0.15) is 22.5 Å². The molecule has 0 atom stereocenters. The number of benzene rings is 2. The zero-order chi connectivity index (χ0) is 19.4. The first-order chi connectivity index (χ1) is 13.0. The van der Waals surface area contributed by atoms with E-state index in [4.69, 9.17) is 16.3 Å². The lowest BCUT2D eigenvalue weighted by Gasteiger charge is -2.07. The lowest BCUT2D eigenvalue weighted by atomic mass is 10.1. The first-order valence-corrected chi connectivity index (χ1v) is 8.52. The zero-order valence-corrected chi connectivity index (χ0v) is 15.5. The number of hydrogen-bond donors (Lipinski definition) is 1. The van der Waals surface area contributed by atoms with Gasteiger partial charge in [-0.25, -0.2) is 4.98 Å². The van der Waals surface area contributed by atoms with Gasteiger partial charge in [-0.05, 0) is 55.0 Å². The van der Waals surface area contributed by atoms with Crippen LogP contribution in [0, 0.1) is 18.3 Å². The van der Waals surface area contributed by atoms with Crippen LogP contribution in [-0.4, -0.2) is 18.0 Å². The second kappa shape index (κ2) is 7.90. The molecular weight excluding hydrogens is 362 g/mol. The Kier molecular flexibility index (Phi) is 5.39. The molecular formula is C21H16ClN3O2. The van der Waals surface area contributed by atoms with E-state index in [1.807, 2.05) is 37.3 Å². The van der Waals surface area contributed by atoms with Crippen molar-refractivity contribution in [1.29, 1.82) is 5.26 Å². The molecule has 0 aliphatic rings. The van der Waals surface area contributed by atoms with Crippen molar-refractivity contribution in [3.8, 4) is 11.8 Å². The number of ether oxygens (including phenoxy) is 1. The van der Waals surface area contributed by atoms with E-state index in [0.29, 0.717) is 17.0 Å². The van der Waals surface area contributed by atoms with Gasteiger partial charge in [0.05, 0.1) is 12.6 Å². The predicted octanol–water partition coefficient (Wildman–Crippen LogP) is 4.75. The van der Waals surface area contributed by atoms with E-state index >= 15 is 0 Å².